The maximum absolute atomic E-state index is 12.5. The molecule has 1 aliphatic heterocycles. The van der Waals surface area contributed by atoms with Crippen LogP contribution in [0.5, 0.6) is 0 Å². The second-order valence-electron chi connectivity index (χ2n) is 3.51. The van der Waals surface area contributed by atoms with Gasteiger partial charge in [-0.15, -0.1) is 0 Å². The fraction of sp³-hybridized carbons (Fsp3) is 0.556. The molecule has 0 N–H and O–H groups in total. The third-order valence-electron chi connectivity index (χ3n) is 2.45. The summed E-state index contributed by atoms with van der Waals surface area (Å²) in [5.41, 5.74) is -0.494. The molecule has 88 valence electrons. The van der Waals surface area contributed by atoms with E-state index in [1.54, 1.807) is 0 Å². The number of nitrogens with zero attached hydrogens (tertiary/aromatic N) is 3. The number of hydrogen-bond acceptors (Lipinski definition) is 3. The van der Waals surface area contributed by atoms with Crippen molar-refractivity contribution in [3.63, 3.8) is 0 Å². The molecule has 2 rings (SSSR count). The topological polar surface area (TPSA) is 29.0 Å². The molecule has 7 heteroatoms. The molecule has 1 aromatic rings. The van der Waals surface area contributed by atoms with Crippen molar-refractivity contribution in [2.75, 3.05) is 18.0 Å². The Bertz CT molecular complexity index is 371. The molecule has 0 atom stereocenters. The Morgan fingerprint density at radius 1 is 1.06 bits per heavy atom. The van der Waals surface area contributed by atoms with Crippen LogP contribution in [0.4, 0.5) is 14.7 Å². The van der Waals surface area contributed by atoms with Crippen molar-refractivity contribution in [2.45, 2.75) is 19.3 Å². The van der Waals surface area contributed by atoms with Crippen LogP contribution < -0.4 is 4.90 Å². The minimum Gasteiger partial charge on any atom is -0.341 e. The van der Waals surface area contributed by atoms with Crippen LogP contribution in [0.25, 0.3) is 0 Å². The van der Waals surface area contributed by atoms with Crippen LogP contribution in [0.3, 0.4) is 0 Å². The summed E-state index contributed by atoms with van der Waals surface area (Å²) >= 11 is 11.3. The zero-order valence-electron chi connectivity index (χ0n) is 8.26. The predicted molar refractivity (Wildman–Crippen MR) is 58.5 cm³/mol. The molecule has 1 saturated heterocycles. The fourth-order valence-electron chi connectivity index (χ4n) is 1.64. The van der Waals surface area contributed by atoms with E-state index in [1.165, 1.54) is 0 Å². The van der Waals surface area contributed by atoms with Crippen molar-refractivity contribution >= 4 is 29.2 Å². The average Bonchev–Trinajstić information content (AvgIpc) is 2.67. The summed E-state index contributed by atoms with van der Waals surface area (Å²) in [4.78, 5) is 9.59. The highest BCUT2D eigenvalue weighted by Crippen LogP contribution is 2.33. The highest BCUT2D eigenvalue weighted by molar-refractivity contribution is 6.34. The monoisotopic (exact) mass is 267 g/mol. The minimum absolute atomic E-state index is 0.267. The molecule has 2 heterocycles. The Kier molecular flexibility index (Phi) is 3.44. The van der Waals surface area contributed by atoms with E-state index < -0.39 is 12.0 Å². The Hall–Kier alpha value is -0.680. The van der Waals surface area contributed by atoms with Gasteiger partial charge < -0.3 is 4.90 Å². The molecule has 0 aliphatic carbocycles. The third-order valence-corrected chi connectivity index (χ3v) is 3.02. The Labute approximate surface area is 101 Å². The van der Waals surface area contributed by atoms with Crippen molar-refractivity contribution in [3.05, 3.63) is 15.9 Å². The SMILES string of the molecule is FC(F)c1c(Cl)nc(N2CCCC2)nc1Cl. The van der Waals surface area contributed by atoms with Gasteiger partial charge in [-0.05, 0) is 12.8 Å². The molecule has 0 aromatic carbocycles. The van der Waals surface area contributed by atoms with E-state index in [0.29, 0.717) is 5.95 Å². The first-order valence-corrected chi connectivity index (χ1v) is 5.61. The Morgan fingerprint density at radius 2 is 1.56 bits per heavy atom. The predicted octanol–water partition coefficient (Wildman–Crippen LogP) is 3.32. The molecule has 3 nitrogen and oxygen atoms in total. The lowest BCUT2D eigenvalue weighted by Gasteiger charge is -2.16. The summed E-state index contributed by atoms with van der Waals surface area (Å²) < 4.78 is 25.1. The molecule has 16 heavy (non-hydrogen) atoms. The quantitative estimate of drug-likeness (QED) is 0.770. The summed E-state index contributed by atoms with van der Waals surface area (Å²) in [5, 5.41) is -0.534. The standard InChI is InChI=1S/C9H9Cl2F2N3/c10-6-5(8(12)13)7(11)15-9(14-6)16-3-1-2-4-16/h8H,1-4H2. The third kappa shape index (κ3) is 2.20. The van der Waals surface area contributed by atoms with Crippen LogP contribution in [0.1, 0.15) is 24.8 Å². The second-order valence-corrected chi connectivity index (χ2v) is 4.23. The van der Waals surface area contributed by atoms with E-state index in [-0.39, 0.29) is 10.3 Å². The summed E-state index contributed by atoms with van der Waals surface area (Å²) in [6.07, 6.45) is -0.683. The number of rotatable bonds is 2. The minimum atomic E-state index is -2.76. The van der Waals surface area contributed by atoms with Crippen molar-refractivity contribution in [1.82, 2.24) is 9.97 Å². The largest absolute Gasteiger partial charge is 0.341 e. The normalized spacial score (nSPS) is 16.2. The lowest BCUT2D eigenvalue weighted by Crippen LogP contribution is -2.21. The molecule has 0 saturated carbocycles. The van der Waals surface area contributed by atoms with Crippen LogP contribution >= 0.6 is 23.2 Å². The molecule has 0 amide bonds. The lowest BCUT2D eigenvalue weighted by atomic mass is 10.3. The second kappa shape index (κ2) is 4.67. The zero-order valence-corrected chi connectivity index (χ0v) is 9.77. The van der Waals surface area contributed by atoms with Gasteiger partial charge in [0.2, 0.25) is 5.95 Å². The fourth-order valence-corrected chi connectivity index (χ4v) is 2.19. The molecule has 1 fully saturated rings. The number of hydrogen-bond donors (Lipinski definition) is 0. The zero-order chi connectivity index (χ0) is 11.7. The van der Waals surface area contributed by atoms with Crippen molar-refractivity contribution < 1.29 is 8.78 Å². The van der Waals surface area contributed by atoms with Gasteiger partial charge in [-0.1, -0.05) is 23.2 Å². The van der Waals surface area contributed by atoms with Gasteiger partial charge in [0.05, 0.1) is 5.56 Å². The summed E-state index contributed by atoms with van der Waals surface area (Å²) in [7, 11) is 0. The van der Waals surface area contributed by atoms with E-state index in [1.807, 2.05) is 4.90 Å². The van der Waals surface area contributed by atoms with Gasteiger partial charge in [0.15, 0.2) is 0 Å². The number of halogens is 4. The Morgan fingerprint density at radius 3 is 2.00 bits per heavy atom. The van der Waals surface area contributed by atoms with Gasteiger partial charge in [0, 0.05) is 13.1 Å². The lowest BCUT2D eigenvalue weighted by molar-refractivity contribution is 0.151. The van der Waals surface area contributed by atoms with Crippen molar-refractivity contribution in [2.24, 2.45) is 0 Å². The first-order valence-electron chi connectivity index (χ1n) is 4.85. The number of anilines is 1. The van der Waals surface area contributed by atoms with E-state index >= 15 is 0 Å². The van der Waals surface area contributed by atoms with E-state index in [0.717, 1.165) is 25.9 Å². The van der Waals surface area contributed by atoms with Gasteiger partial charge in [-0.2, -0.15) is 0 Å². The molecule has 1 aliphatic rings. The molecule has 0 bridgehead atoms. The van der Waals surface area contributed by atoms with Crippen LogP contribution in [0.15, 0.2) is 0 Å². The number of alkyl halides is 2. The van der Waals surface area contributed by atoms with Crippen LogP contribution in [0.2, 0.25) is 10.3 Å². The summed E-state index contributed by atoms with van der Waals surface area (Å²) in [6, 6.07) is 0. The number of aromatic nitrogens is 2. The highest BCUT2D eigenvalue weighted by atomic mass is 35.5. The molecular weight excluding hydrogens is 259 g/mol. The van der Waals surface area contributed by atoms with E-state index in [4.69, 9.17) is 23.2 Å². The molecule has 1 aromatic heterocycles. The van der Waals surface area contributed by atoms with Gasteiger partial charge >= 0.3 is 0 Å². The van der Waals surface area contributed by atoms with Gasteiger partial charge in [0.25, 0.3) is 6.43 Å². The van der Waals surface area contributed by atoms with Gasteiger partial charge in [-0.3, -0.25) is 0 Å². The molecule has 0 radical (unpaired) electrons. The smallest absolute Gasteiger partial charge is 0.269 e. The average molecular weight is 268 g/mol. The highest BCUT2D eigenvalue weighted by Gasteiger charge is 2.23. The summed E-state index contributed by atoms with van der Waals surface area (Å²) in [5.74, 6) is 0.330. The van der Waals surface area contributed by atoms with Crippen LogP contribution in [-0.2, 0) is 0 Å². The van der Waals surface area contributed by atoms with Gasteiger partial charge in [-0.25, -0.2) is 18.7 Å². The molecule has 0 spiro atoms. The van der Waals surface area contributed by atoms with Crippen LogP contribution in [-0.4, -0.2) is 23.1 Å². The maximum Gasteiger partial charge on any atom is 0.269 e. The van der Waals surface area contributed by atoms with Crippen LogP contribution in [0, 0.1) is 0 Å². The summed E-state index contributed by atoms with van der Waals surface area (Å²) in [6.45, 7) is 1.61. The van der Waals surface area contributed by atoms with E-state index in [2.05, 4.69) is 9.97 Å². The first kappa shape index (κ1) is 11.8. The first-order chi connectivity index (χ1) is 7.59. The van der Waals surface area contributed by atoms with Crippen molar-refractivity contribution in [3.8, 4) is 0 Å². The molecular formula is C9H9Cl2F2N3. The van der Waals surface area contributed by atoms with Crippen molar-refractivity contribution in [1.29, 1.82) is 0 Å². The van der Waals surface area contributed by atoms with Gasteiger partial charge in [0.1, 0.15) is 10.3 Å². The maximum atomic E-state index is 12.5. The molecule has 0 unspecified atom stereocenters. The van der Waals surface area contributed by atoms with E-state index in [9.17, 15) is 8.78 Å². The Balaban J connectivity index is 2.36.